The monoisotopic (exact) mass is 280 g/mol. The van der Waals surface area contributed by atoms with Crippen molar-refractivity contribution < 1.29 is 19.1 Å². The fourth-order valence-electron chi connectivity index (χ4n) is 4.49. The first-order valence-corrected chi connectivity index (χ1v) is 7.25. The molecule has 2 rings (SSSR count). The Kier molecular flexibility index (Phi) is 3.94. The number of ether oxygens (including phenoxy) is 2. The number of carbonyl (C=O) groups is 2. The van der Waals surface area contributed by atoms with E-state index in [1.54, 1.807) is 0 Å². The van der Waals surface area contributed by atoms with E-state index in [1.807, 2.05) is 6.92 Å². The second-order valence-corrected chi connectivity index (χ2v) is 6.40. The lowest BCUT2D eigenvalue weighted by molar-refractivity contribution is -0.149. The summed E-state index contributed by atoms with van der Waals surface area (Å²) in [5.41, 5.74) is 0.701. The average molecular weight is 280 g/mol. The number of hydrogen-bond acceptors (Lipinski definition) is 4. The third-order valence-corrected chi connectivity index (χ3v) is 5.38. The summed E-state index contributed by atoms with van der Waals surface area (Å²) in [6, 6.07) is 0. The molecule has 0 aromatic heterocycles. The van der Waals surface area contributed by atoms with E-state index in [-0.39, 0.29) is 29.2 Å². The maximum Gasteiger partial charge on any atom is 0.333 e. The molecule has 5 atom stereocenters. The van der Waals surface area contributed by atoms with Gasteiger partial charge in [0.05, 0.1) is 20.1 Å². The van der Waals surface area contributed by atoms with Crippen LogP contribution in [0.1, 0.15) is 33.6 Å². The normalized spacial score (nSPS) is 37.0. The van der Waals surface area contributed by atoms with Crippen molar-refractivity contribution in [2.24, 2.45) is 29.1 Å². The lowest BCUT2D eigenvalue weighted by Crippen LogP contribution is -2.43. The first-order chi connectivity index (χ1) is 9.37. The number of esters is 2. The van der Waals surface area contributed by atoms with Crippen molar-refractivity contribution in [3.05, 3.63) is 11.6 Å². The summed E-state index contributed by atoms with van der Waals surface area (Å²) in [5.74, 6) is 0.619. The molecule has 1 spiro atoms. The van der Waals surface area contributed by atoms with Crippen molar-refractivity contribution >= 4 is 11.9 Å². The highest BCUT2D eigenvalue weighted by atomic mass is 16.5. The van der Waals surface area contributed by atoms with Gasteiger partial charge in [0.15, 0.2) is 0 Å². The van der Waals surface area contributed by atoms with E-state index in [0.29, 0.717) is 11.8 Å². The van der Waals surface area contributed by atoms with E-state index in [0.717, 1.165) is 18.4 Å². The molecule has 0 aliphatic heterocycles. The Balaban J connectivity index is 2.29. The van der Waals surface area contributed by atoms with Gasteiger partial charge in [-0.25, -0.2) is 4.79 Å². The summed E-state index contributed by atoms with van der Waals surface area (Å²) < 4.78 is 9.70. The highest BCUT2D eigenvalue weighted by molar-refractivity contribution is 5.90. The number of hydrogen-bond donors (Lipinski definition) is 0. The molecule has 0 amide bonds. The molecule has 0 radical (unpaired) electrons. The van der Waals surface area contributed by atoms with Gasteiger partial charge >= 0.3 is 11.9 Å². The molecule has 1 fully saturated rings. The summed E-state index contributed by atoms with van der Waals surface area (Å²) in [4.78, 5) is 23.5. The number of carbonyl (C=O) groups excluding carboxylic acids is 2. The molecule has 4 unspecified atom stereocenters. The smallest absolute Gasteiger partial charge is 0.333 e. The van der Waals surface area contributed by atoms with Gasteiger partial charge in [-0.3, -0.25) is 4.79 Å². The molecule has 0 saturated heterocycles. The molecule has 1 saturated carbocycles. The molecule has 0 N–H and O–H groups in total. The third-order valence-electron chi connectivity index (χ3n) is 5.38. The highest BCUT2D eigenvalue weighted by Gasteiger charge is 2.58. The summed E-state index contributed by atoms with van der Waals surface area (Å²) >= 11 is 0. The molecule has 2 aliphatic rings. The minimum absolute atomic E-state index is 0.0451. The van der Waals surface area contributed by atoms with E-state index < -0.39 is 0 Å². The van der Waals surface area contributed by atoms with Crippen LogP contribution in [0, 0.1) is 29.1 Å². The Hall–Kier alpha value is -1.32. The molecule has 0 aromatic rings. The molecule has 112 valence electrons. The van der Waals surface area contributed by atoms with Crippen LogP contribution < -0.4 is 0 Å². The third kappa shape index (κ3) is 2.05. The van der Waals surface area contributed by atoms with Crippen LogP contribution in [0.2, 0.25) is 0 Å². The van der Waals surface area contributed by atoms with Crippen LogP contribution in [-0.2, 0) is 19.1 Å². The zero-order valence-electron chi connectivity index (χ0n) is 12.9. The average Bonchev–Trinajstić information content (AvgIpc) is 2.65. The van der Waals surface area contributed by atoms with Gasteiger partial charge in [0.2, 0.25) is 0 Å². The maximum absolute atomic E-state index is 11.9. The summed E-state index contributed by atoms with van der Waals surface area (Å²) in [6.45, 7) is 6.35. The standard InChI is InChI=1S/C16H24O4/c1-9-6-10(2)16(7-12(8-16)15(18)20-5)13(9)11(3)14(17)19-4/h7,9-11,13H,6,8H2,1-5H3/t9-,10?,11?,13?,16?/m0/s1. The van der Waals surface area contributed by atoms with Crippen LogP contribution in [0.25, 0.3) is 0 Å². The van der Waals surface area contributed by atoms with Crippen LogP contribution in [0.15, 0.2) is 11.6 Å². The lowest BCUT2D eigenvalue weighted by atomic mass is 9.57. The van der Waals surface area contributed by atoms with Crippen molar-refractivity contribution in [1.82, 2.24) is 0 Å². The molecule has 0 aromatic carbocycles. The van der Waals surface area contributed by atoms with E-state index in [4.69, 9.17) is 9.47 Å². The van der Waals surface area contributed by atoms with Gasteiger partial charge in [-0.2, -0.15) is 0 Å². The molecule has 4 heteroatoms. The van der Waals surface area contributed by atoms with Crippen LogP contribution in [0.5, 0.6) is 0 Å². The summed E-state index contributed by atoms with van der Waals surface area (Å²) in [6.07, 6.45) is 3.85. The van der Waals surface area contributed by atoms with Gasteiger partial charge in [0.25, 0.3) is 0 Å². The fourth-order valence-corrected chi connectivity index (χ4v) is 4.49. The van der Waals surface area contributed by atoms with Crippen molar-refractivity contribution in [3.8, 4) is 0 Å². The van der Waals surface area contributed by atoms with Gasteiger partial charge in [-0.05, 0) is 36.0 Å². The molecule has 20 heavy (non-hydrogen) atoms. The molecular weight excluding hydrogens is 256 g/mol. The van der Waals surface area contributed by atoms with Crippen LogP contribution in [0.4, 0.5) is 0 Å². The van der Waals surface area contributed by atoms with Gasteiger partial charge < -0.3 is 9.47 Å². The summed E-state index contributed by atoms with van der Waals surface area (Å²) in [5, 5.41) is 0. The second kappa shape index (κ2) is 5.23. The summed E-state index contributed by atoms with van der Waals surface area (Å²) in [7, 11) is 2.84. The quantitative estimate of drug-likeness (QED) is 0.746. The minimum Gasteiger partial charge on any atom is -0.469 e. The van der Waals surface area contributed by atoms with E-state index in [1.165, 1.54) is 14.2 Å². The Labute approximate surface area is 120 Å². The van der Waals surface area contributed by atoms with E-state index in [2.05, 4.69) is 19.9 Å². The largest absolute Gasteiger partial charge is 0.469 e. The van der Waals surface area contributed by atoms with Crippen molar-refractivity contribution in [1.29, 1.82) is 0 Å². The molecule has 4 nitrogen and oxygen atoms in total. The zero-order valence-corrected chi connectivity index (χ0v) is 12.9. The fraction of sp³-hybridized carbons (Fsp3) is 0.750. The Morgan fingerprint density at radius 1 is 1.30 bits per heavy atom. The van der Waals surface area contributed by atoms with Gasteiger partial charge in [0.1, 0.15) is 0 Å². The molecule has 2 aliphatic carbocycles. The predicted octanol–water partition coefficient (Wildman–Crippen LogP) is 2.58. The molecular formula is C16H24O4. The minimum atomic E-state index is -0.244. The number of methoxy groups -OCH3 is 2. The van der Waals surface area contributed by atoms with Crippen LogP contribution in [-0.4, -0.2) is 26.2 Å². The Morgan fingerprint density at radius 3 is 2.40 bits per heavy atom. The SMILES string of the molecule is COC(=O)C1=CC2(C1)C(C)C[C@H](C)C2C(C)C(=O)OC. The second-order valence-electron chi connectivity index (χ2n) is 6.40. The van der Waals surface area contributed by atoms with E-state index >= 15 is 0 Å². The van der Waals surface area contributed by atoms with Crippen molar-refractivity contribution in [2.75, 3.05) is 14.2 Å². The van der Waals surface area contributed by atoms with Crippen molar-refractivity contribution in [3.63, 3.8) is 0 Å². The maximum atomic E-state index is 11.9. The lowest BCUT2D eigenvalue weighted by Gasteiger charge is -2.46. The first kappa shape index (κ1) is 15.1. The van der Waals surface area contributed by atoms with Crippen LogP contribution in [0.3, 0.4) is 0 Å². The predicted molar refractivity (Wildman–Crippen MR) is 74.8 cm³/mol. The molecule has 0 heterocycles. The Morgan fingerprint density at radius 2 is 1.90 bits per heavy atom. The number of rotatable bonds is 3. The zero-order chi connectivity index (χ0) is 15.1. The van der Waals surface area contributed by atoms with Gasteiger partial charge in [-0.1, -0.05) is 26.8 Å². The van der Waals surface area contributed by atoms with Gasteiger partial charge in [0, 0.05) is 5.57 Å². The first-order valence-electron chi connectivity index (χ1n) is 7.25. The highest BCUT2D eigenvalue weighted by Crippen LogP contribution is 2.62. The Bertz CT molecular complexity index is 453. The molecule has 0 bridgehead atoms. The number of allylic oxidation sites excluding steroid dienone is 1. The van der Waals surface area contributed by atoms with E-state index in [9.17, 15) is 9.59 Å². The topological polar surface area (TPSA) is 52.6 Å². The van der Waals surface area contributed by atoms with Crippen LogP contribution >= 0.6 is 0 Å². The van der Waals surface area contributed by atoms with Crippen molar-refractivity contribution in [2.45, 2.75) is 33.6 Å². The van der Waals surface area contributed by atoms with Gasteiger partial charge in [-0.15, -0.1) is 0 Å².